The van der Waals surface area contributed by atoms with Gasteiger partial charge in [-0.15, -0.1) is 11.3 Å². The minimum absolute atomic E-state index is 0.124. The Kier molecular flexibility index (Phi) is 4.46. The van der Waals surface area contributed by atoms with Crippen molar-refractivity contribution in [2.24, 2.45) is 0 Å². The third-order valence-corrected chi connectivity index (χ3v) is 4.23. The molecule has 0 aliphatic rings. The molecule has 2 rings (SSSR count). The van der Waals surface area contributed by atoms with Gasteiger partial charge in [-0.3, -0.25) is 9.59 Å². The number of anilines is 1. The summed E-state index contributed by atoms with van der Waals surface area (Å²) in [4.78, 5) is 23.6. The minimum atomic E-state index is -0.274. The van der Waals surface area contributed by atoms with Crippen LogP contribution in [0.25, 0.3) is 10.1 Å². The van der Waals surface area contributed by atoms with Gasteiger partial charge in [-0.2, -0.15) is 0 Å². The van der Waals surface area contributed by atoms with Gasteiger partial charge < -0.3 is 16.4 Å². The van der Waals surface area contributed by atoms with E-state index in [0.29, 0.717) is 15.6 Å². The molecule has 0 saturated carbocycles. The number of nitrogen functional groups attached to an aromatic ring is 1. The van der Waals surface area contributed by atoms with Crippen LogP contribution in [-0.4, -0.2) is 25.4 Å². The summed E-state index contributed by atoms with van der Waals surface area (Å²) in [6.45, 7) is 0.271. The fourth-order valence-corrected chi connectivity index (χ4v) is 2.94. The first-order valence-electron chi connectivity index (χ1n) is 5.99. The predicted octanol–water partition coefficient (Wildman–Crippen LogP) is 2.00. The number of nitrogens with two attached hydrogens (primary N) is 1. The zero-order valence-electron chi connectivity index (χ0n) is 10.8. The van der Waals surface area contributed by atoms with Gasteiger partial charge in [0.15, 0.2) is 0 Å². The molecular formula is C13H14ClN3O2S. The Labute approximate surface area is 125 Å². The SMILES string of the molecule is CNC(=O)CCNC(=O)c1sc2ccc(Cl)cc2c1N. The molecule has 0 aliphatic heterocycles. The number of thiophene rings is 1. The standard InChI is InChI=1S/C13H14ClN3O2S/c1-16-10(18)4-5-17-13(19)12-11(15)8-6-7(14)2-3-9(8)20-12/h2-3,6H,4-5,15H2,1H3,(H,16,18)(H,17,19). The maximum atomic E-state index is 12.0. The fourth-order valence-electron chi connectivity index (χ4n) is 1.75. The van der Waals surface area contributed by atoms with E-state index in [2.05, 4.69) is 10.6 Å². The van der Waals surface area contributed by atoms with E-state index in [1.165, 1.54) is 11.3 Å². The number of hydrogen-bond donors (Lipinski definition) is 3. The third kappa shape index (κ3) is 3.02. The van der Waals surface area contributed by atoms with Crippen LogP contribution in [0.5, 0.6) is 0 Å². The first kappa shape index (κ1) is 14.6. The molecule has 7 heteroatoms. The van der Waals surface area contributed by atoms with Gasteiger partial charge in [-0.05, 0) is 18.2 Å². The normalized spacial score (nSPS) is 10.5. The lowest BCUT2D eigenvalue weighted by Gasteiger charge is -2.03. The zero-order chi connectivity index (χ0) is 14.7. The number of rotatable bonds is 4. The van der Waals surface area contributed by atoms with Crippen molar-refractivity contribution in [3.63, 3.8) is 0 Å². The summed E-state index contributed by atoms with van der Waals surface area (Å²) >= 11 is 7.23. The van der Waals surface area contributed by atoms with Crippen molar-refractivity contribution in [2.45, 2.75) is 6.42 Å². The van der Waals surface area contributed by atoms with Crippen molar-refractivity contribution in [3.8, 4) is 0 Å². The maximum Gasteiger partial charge on any atom is 0.263 e. The van der Waals surface area contributed by atoms with E-state index in [0.717, 1.165) is 10.1 Å². The lowest BCUT2D eigenvalue weighted by atomic mass is 10.2. The van der Waals surface area contributed by atoms with E-state index < -0.39 is 0 Å². The quantitative estimate of drug-likeness (QED) is 0.807. The number of amides is 2. The molecule has 0 spiro atoms. The van der Waals surface area contributed by atoms with Gasteiger partial charge in [0.1, 0.15) is 4.88 Å². The number of benzene rings is 1. The van der Waals surface area contributed by atoms with Crippen LogP contribution in [0.4, 0.5) is 5.69 Å². The Balaban J connectivity index is 2.14. The summed E-state index contributed by atoms with van der Waals surface area (Å²) in [5.41, 5.74) is 6.40. The van der Waals surface area contributed by atoms with Crippen LogP contribution < -0.4 is 16.4 Å². The molecule has 0 aliphatic carbocycles. The van der Waals surface area contributed by atoms with Crippen molar-refractivity contribution in [3.05, 3.63) is 28.1 Å². The van der Waals surface area contributed by atoms with Crippen LogP contribution in [0.1, 0.15) is 16.1 Å². The second-order valence-electron chi connectivity index (χ2n) is 4.16. The summed E-state index contributed by atoms with van der Waals surface area (Å²) in [5, 5.41) is 6.52. The summed E-state index contributed by atoms with van der Waals surface area (Å²) < 4.78 is 0.906. The number of fused-ring (bicyclic) bond motifs is 1. The van der Waals surface area contributed by atoms with E-state index in [-0.39, 0.29) is 24.8 Å². The summed E-state index contributed by atoms with van der Waals surface area (Å²) in [6, 6.07) is 5.33. The van der Waals surface area contributed by atoms with Crippen LogP contribution in [0, 0.1) is 0 Å². The number of carbonyl (C=O) groups excluding carboxylic acids is 2. The van der Waals surface area contributed by atoms with Crippen molar-refractivity contribution in [2.75, 3.05) is 19.3 Å². The zero-order valence-corrected chi connectivity index (χ0v) is 12.4. The highest BCUT2D eigenvalue weighted by Gasteiger charge is 2.16. The van der Waals surface area contributed by atoms with E-state index in [9.17, 15) is 9.59 Å². The first-order valence-corrected chi connectivity index (χ1v) is 7.18. The molecule has 2 amide bonds. The molecular weight excluding hydrogens is 298 g/mol. The summed E-state index contributed by atoms with van der Waals surface area (Å²) in [5.74, 6) is -0.398. The number of hydrogen-bond acceptors (Lipinski definition) is 4. The number of halogens is 1. The maximum absolute atomic E-state index is 12.0. The van der Waals surface area contributed by atoms with Crippen LogP contribution >= 0.6 is 22.9 Å². The van der Waals surface area contributed by atoms with Gasteiger partial charge in [-0.25, -0.2) is 0 Å². The highest BCUT2D eigenvalue weighted by atomic mass is 35.5. The van der Waals surface area contributed by atoms with Crippen LogP contribution in [-0.2, 0) is 4.79 Å². The molecule has 0 bridgehead atoms. The molecule has 0 atom stereocenters. The van der Waals surface area contributed by atoms with Crippen LogP contribution in [0.2, 0.25) is 5.02 Å². The molecule has 1 aromatic heterocycles. The molecule has 0 fully saturated rings. The highest BCUT2D eigenvalue weighted by molar-refractivity contribution is 7.21. The van der Waals surface area contributed by atoms with Crippen molar-refractivity contribution in [1.82, 2.24) is 10.6 Å². The van der Waals surface area contributed by atoms with Crippen molar-refractivity contribution in [1.29, 1.82) is 0 Å². The molecule has 1 aromatic carbocycles. The Morgan fingerprint density at radius 1 is 1.40 bits per heavy atom. The minimum Gasteiger partial charge on any atom is -0.397 e. The molecule has 0 saturated heterocycles. The van der Waals surface area contributed by atoms with Gasteiger partial charge in [0.2, 0.25) is 5.91 Å². The highest BCUT2D eigenvalue weighted by Crippen LogP contribution is 2.35. The monoisotopic (exact) mass is 311 g/mol. The smallest absolute Gasteiger partial charge is 0.263 e. The van der Waals surface area contributed by atoms with Crippen molar-refractivity contribution >= 4 is 50.5 Å². The summed E-state index contributed by atoms with van der Waals surface area (Å²) in [6.07, 6.45) is 0.235. The fraction of sp³-hybridized carbons (Fsp3) is 0.231. The molecule has 0 unspecified atom stereocenters. The van der Waals surface area contributed by atoms with Crippen LogP contribution in [0.15, 0.2) is 18.2 Å². The lowest BCUT2D eigenvalue weighted by molar-refractivity contribution is -0.120. The van der Waals surface area contributed by atoms with E-state index in [4.69, 9.17) is 17.3 Å². The van der Waals surface area contributed by atoms with E-state index in [1.54, 1.807) is 19.2 Å². The number of nitrogens with one attached hydrogen (secondary N) is 2. The molecule has 0 radical (unpaired) electrons. The van der Waals surface area contributed by atoms with Gasteiger partial charge >= 0.3 is 0 Å². The molecule has 20 heavy (non-hydrogen) atoms. The molecule has 1 heterocycles. The second kappa shape index (κ2) is 6.11. The van der Waals surface area contributed by atoms with E-state index in [1.807, 2.05) is 6.07 Å². The Morgan fingerprint density at radius 3 is 2.85 bits per heavy atom. The molecule has 4 N–H and O–H groups in total. The summed E-state index contributed by atoms with van der Waals surface area (Å²) in [7, 11) is 1.55. The largest absolute Gasteiger partial charge is 0.397 e. The predicted molar refractivity (Wildman–Crippen MR) is 82.3 cm³/mol. The third-order valence-electron chi connectivity index (χ3n) is 2.81. The lowest BCUT2D eigenvalue weighted by Crippen LogP contribution is -2.29. The Hall–Kier alpha value is -1.79. The average molecular weight is 312 g/mol. The van der Waals surface area contributed by atoms with Gasteiger partial charge in [0.05, 0.1) is 5.69 Å². The Morgan fingerprint density at radius 2 is 2.15 bits per heavy atom. The molecule has 2 aromatic rings. The van der Waals surface area contributed by atoms with Gasteiger partial charge in [0.25, 0.3) is 5.91 Å². The van der Waals surface area contributed by atoms with E-state index >= 15 is 0 Å². The number of carbonyl (C=O) groups is 2. The van der Waals surface area contributed by atoms with Gasteiger partial charge in [-0.1, -0.05) is 11.6 Å². The topological polar surface area (TPSA) is 84.2 Å². The Bertz CT molecular complexity index is 669. The average Bonchev–Trinajstić information content (AvgIpc) is 2.75. The molecule has 106 valence electrons. The van der Waals surface area contributed by atoms with Gasteiger partial charge in [0, 0.05) is 35.1 Å². The molecule has 5 nitrogen and oxygen atoms in total. The van der Waals surface area contributed by atoms with Crippen LogP contribution in [0.3, 0.4) is 0 Å². The first-order chi connectivity index (χ1) is 9.52. The van der Waals surface area contributed by atoms with Crippen molar-refractivity contribution < 1.29 is 9.59 Å². The second-order valence-corrected chi connectivity index (χ2v) is 5.65.